The second-order valence-corrected chi connectivity index (χ2v) is 10.0. The molecule has 2 fully saturated rings. The van der Waals surface area contributed by atoms with Crippen LogP contribution in [0.2, 0.25) is 0 Å². The van der Waals surface area contributed by atoms with E-state index in [1.807, 2.05) is 0 Å². The average Bonchev–Trinajstić information content (AvgIpc) is 2.72. The van der Waals surface area contributed by atoms with E-state index < -0.39 is 10.0 Å². The number of carbonyl (C=O) groups is 2. The minimum absolute atomic E-state index is 0.0563. The van der Waals surface area contributed by atoms with E-state index in [1.165, 1.54) is 32.1 Å². The largest absolute Gasteiger partial charge is 0.356 e. The van der Waals surface area contributed by atoms with Crippen LogP contribution in [0.25, 0.3) is 0 Å². The maximum absolute atomic E-state index is 12.8. The van der Waals surface area contributed by atoms with Gasteiger partial charge in [0.15, 0.2) is 0 Å². The van der Waals surface area contributed by atoms with Crippen molar-refractivity contribution in [2.45, 2.75) is 44.9 Å². The summed E-state index contributed by atoms with van der Waals surface area (Å²) >= 11 is 0. The zero-order valence-corrected chi connectivity index (χ0v) is 17.8. The number of hydrogen-bond donors (Lipinski definition) is 2. The van der Waals surface area contributed by atoms with E-state index >= 15 is 0 Å². The van der Waals surface area contributed by atoms with Gasteiger partial charge >= 0.3 is 0 Å². The van der Waals surface area contributed by atoms with E-state index in [2.05, 4.69) is 10.0 Å². The molecule has 0 aromatic heterocycles. The summed E-state index contributed by atoms with van der Waals surface area (Å²) in [5.74, 6) is 0.358. The number of nitrogens with zero attached hydrogens (tertiary/aromatic N) is 1. The number of rotatable bonds is 6. The van der Waals surface area contributed by atoms with Gasteiger partial charge in [-0.2, -0.15) is 0 Å². The first kappa shape index (κ1) is 21.6. The predicted octanol–water partition coefficient (Wildman–Crippen LogP) is 2.61. The minimum atomic E-state index is -3.35. The van der Waals surface area contributed by atoms with Gasteiger partial charge in [-0.05, 0) is 55.9 Å². The molecule has 2 N–H and O–H groups in total. The van der Waals surface area contributed by atoms with Crippen molar-refractivity contribution in [2.75, 3.05) is 30.6 Å². The Morgan fingerprint density at radius 2 is 1.72 bits per heavy atom. The van der Waals surface area contributed by atoms with Gasteiger partial charge in [-0.3, -0.25) is 14.3 Å². The fraction of sp³-hybridized carbons (Fsp3) is 0.619. The molecule has 0 bridgehead atoms. The molecular weight excluding hydrogens is 390 g/mol. The third-order valence-corrected chi connectivity index (χ3v) is 6.41. The number of benzene rings is 1. The van der Waals surface area contributed by atoms with Crippen LogP contribution in [0.1, 0.15) is 55.3 Å². The van der Waals surface area contributed by atoms with Gasteiger partial charge in [0, 0.05) is 30.9 Å². The Balaban J connectivity index is 1.53. The standard InChI is InChI=1S/C21H31N3O4S/c1-29(27,28)23-19-11-9-17(10-12-19)21(26)24-13-5-8-18(15-24)20(25)22-14-16-6-3-2-4-7-16/h9-12,16,18,23H,2-8,13-15H2,1H3,(H,22,25). The quantitative estimate of drug-likeness (QED) is 0.738. The Labute approximate surface area is 173 Å². The number of likely N-dealkylation sites (tertiary alicyclic amines) is 1. The van der Waals surface area contributed by atoms with Gasteiger partial charge < -0.3 is 10.2 Å². The summed E-state index contributed by atoms with van der Waals surface area (Å²) in [5, 5.41) is 3.11. The molecule has 8 heteroatoms. The molecule has 29 heavy (non-hydrogen) atoms. The van der Waals surface area contributed by atoms with Crippen molar-refractivity contribution < 1.29 is 18.0 Å². The monoisotopic (exact) mass is 421 g/mol. The van der Waals surface area contributed by atoms with E-state index in [0.29, 0.717) is 30.3 Å². The number of hydrogen-bond acceptors (Lipinski definition) is 4. The Morgan fingerprint density at radius 1 is 1.03 bits per heavy atom. The zero-order valence-electron chi connectivity index (χ0n) is 17.0. The Hall–Kier alpha value is -2.09. The van der Waals surface area contributed by atoms with Crippen molar-refractivity contribution in [1.82, 2.24) is 10.2 Å². The molecule has 3 rings (SSSR count). The molecule has 1 atom stereocenters. The zero-order chi connectivity index (χ0) is 20.9. The summed E-state index contributed by atoms with van der Waals surface area (Å²) in [6.45, 7) is 1.81. The third-order valence-electron chi connectivity index (χ3n) is 5.80. The van der Waals surface area contributed by atoms with Gasteiger partial charge in [-0.15, -0.1) is 0 Å². The predicted molar refractivity (Wildman–Crippen MR) is 113 cm³/mol. The molecule has 2 aliphatic rings. The fourth-order valence-electron chi connectivity index (χ4n) is 4.23. The molecule has 1 aliphatic heterocycles. The minimum Gasteiger partial charge on any atom is -0.356 e. The number of amides is 2. The van der Waals surface area contributed by atoms with Crippen molar-refractivity contribution in [3.05, 3.63) is 29.8 Å². The second kappa shape index (κ2) is 9.61. The van der Waals surface area contributed by atoms with Crippen molar-refractivity contribution in [2.24, 2.45) is 11.8 Å². The Kier molecular flexibility index (Phi) is 7.16. The molecule has 1 aliphatic carbocycles. The molecule has 1 aromatic carbocycles. The average molecular weight is 422 g/mol. The molecule has 160 valence electrons. The van der Waals surface area contributed by atoms with Crippen LogP contribution in [-0.4, -0.2) is 51.0 Å². The van der Waals surface area contributed by atoms with Crippen molar-refractivity contribution >= 4 is 27.5 Å². The normalized spacial score (nSPS) is 20.9. The summed E-state index contributed by atoms with van der Waals surface area (Å²) in [4.78, 5) is 27.2. The van der Waals surface area contributed by atoms with Crippen LogP contribution in [0.4, 0.5) is 5.69 Å². The van der Waals surface area contributed by atoms with E-state index in [1.54, 1.807) is 29.2 Å². The Morgan fingerprint density at radius 3 is 2.38 bits per heavy atom. The van der Waals surface area contributed by atoms with E-state index in [9.17, 15) is 18.0 Å². The Bertz CT molecular complexity index is 817. The lowest BCUT2D eigenvalue weighted by atomic mass is 9.89. The number of piperidine rings is 1. The summed E-state index contributed by atoms with van der Waals surface area (Å²) in [5.41, 5.74) is 0.912. The van der Waals surface area contributed by atoms with Gasteiger partial charge in [-0.25, -0.2) is 8.42 Å². The van der Waals surface area contributed by atoms with Crippen LogP contribution in [0.5, 0.6) is 0 Å². The molecular formula is C21H31N3O4S. The fourth-order valence-corrected chi connectivity index (χ4v) is 4.80. The first-order chi connectivity index (χ1) is 13.8. The number of carbonyl (C=O) groups excluding carboxylic acids is 2. The highest BCUT2D eigenvalue weighted by molar-refractivity contribution is 7.92. The van der Waals surface area contributed by atoms with E-state index in [-0.39, 0.29) is 17.7 Å². The number of nitrogens with one attached hydrogen (secondary N) is 2. The maximum atomic E-state index is 12.8. The lowest BCUT2D eigenvalue weighted by Crippen LogP contribution is -2.46. The summed E-state index contributed by atoms with van der Waals surface area (Å²) < 4.78 is 25.0. The van der Waals surface area contributed by atoms with Crippen molar-refractivity contribution in [3.63, 3.8) is 0 Å². The highest BCUT2D eigenvalue weighted by Crippen LogP contribution is 2.24. The van der Waals surface area contributed by atoms with Crippen LogP contribution in [0.15, 0.2) is 24.3 Å². The van der Waals surface area contributed by atoms with Crippen molar-refractivity contribution in [3.8, 4) is 0 Å². The van der Waals surface area contributed by atoms with Gasteiger partial charge in [0.05, 0.1) is 12.2 Å². The molecule has 1 saturated heterocycles. The topological polar surface area (TPSA) is 95.6 Å². The van der Waals surface area contributed by atoms with Gasteiger partial charge in [0.25, 0.3) is 5.91 Å². The van der Waals surface area contributed by atoms with E-state index in [0.717, 1.165) is 25.6 Å². The third kappa shape index (κ3) is 6.45. The van der Waals surface area contributed by atoms with Gasteiger partial charge in [0.1, 0.15) is 0 Å². The molecule has 1 saturated carbocycles. The first-order valence-corrected chi connectivity index (χ1v) is 12.4. The highest BCUT2D eigenvalue weighted by Gasteiger charge is 2.29. The summed E-state index contributed by atoms with van der Waals surface area (Å²) in [6.07, 6.45) is 8.89. The van der Waals surface area contributed by atoms with Crippen molar-refractivity contribution in [1.29, 1.82) is 0 Å². The molecule has 1 unspecified atom stereocenters. The molecule has 0 spiro atoms. The summed E-state index contributed by atoms with van der Waals surface area (Å²) in [7, 11) is -3.35. The number of anilines is 1. The van der Waals surface area contributed by atoms with E-state index in [4.69, 9.17) is 0 Å². The van der Waals surface area contributed by atoms with Gasteiger partial charge in [0.2, 0.25) is 15.9 Å². The molecule has 1 aromatic rings. The summed E-state index contributed by atoms with van der Waals surface area (Å²) in [6, 6.07) is 6.38. The smallest absolute Gasteiger partial charge is 0.253 e. The molecule has 2 amide bonds. The number of sulfonamides is 1. The van der Waals surface area contributed by atoms with Crippen LogP contribution >= 0.6 is 0 Å². The van der Waals surface area contributed by atoms with Crippen LogP contribution < -0.4 is 10.0 Å². The van der Waals surface area contributed by atoms with Crippen LogP contribution in [0, 0.1) is 11.8 Å². The highest BCUT2D eigenvalue weighted by atomic mass is 32.2. The van der Waals surface area contributed by atoms with Crippen LogP contribution in [-0.2, 0) is 14.8 Å². The lowest BCUT2D eigenvalue weighted by Gasteiger charge is -2.32. The SMILES string of the molecule is CS(=O)(=O)Nc1ccc(C(=O)N2CCCC(C(=O)NCC3CCCCC3)C2)cc1. The molecule has 0 radical (unpaired) electrons. The lowest BCUT2D eigenvalue weighted by molar-refractivity contribution is -0.126. The van der Waals surface area contributed by atoms with Crippen LogP contribution in [0.3, 0.4) is 0 Å². The first-order valence-electron chi connectivity index (χ1n) is 10.5. The molecule has 1 heterocycles. The maximum Gasteiger partial charge on any atom is 0.253 e. The second-order valence-electron chi connectivity index (χ2n) is 8.29. The van der Waals surface area contributed by atoms with Gasteiger partial charge in [-0.1, -0.05) is 19.3 Å². The molecule has 7 nitrogen and oxygen atoms in total.